The molecule has 0 bridgehead atoms. The maximum absolute atomic E-state index is 5.56. The number of halogens is 2. The summed E-state index contributed by atoms with van der Waals surface area (Å²) in [4.78, 5) is 8.43. The van der Waals surface area contributed by atoms with Crippen LogP contribution in [0.15, 0.2) is 29.2 Å². The Labute approximate surface area is 105 Å². The van der Waals surface area contributed by atoms with Gasteiger partial charge in [-0.25, -0.2) is 0 Å². The summed E-state index contributed by atoms with van der Waals surface area (Å²) in [5, 5.41) is 4.06. The molecule has 2 N–H and O–H groups in total. The highest BCUT2D eigenvalue weighted by Gasteiger charge is 2.05. The lowest BCUT2D eigenvalue weighted by molar-refractivity contribution is 0.969. The van der Waals surface area contributed by atoms with Gasteiger partial charge in [-0.1, -0.05) is 0 Å². The third kappa shape index (κ3) is 3.14. The van der Waals surface area contributed by atoms with Gasteiger partial charge in [-0.2, -0.15) is 11.3 Å². The third-order valence-electron chi connectivity index (χ3n) is 1.76. The Kier molecular flexibility index (Phi) is 6.43. The van der Waals surface area contributed by atoms with Gasteiger partial charge in [-0.15, -0.1) is 24.8 Å². The van der Waals surface area contributed by atoms with Gasteiger partial charge in [0.1, 0.15) is 0 Å². The fourth-order valence-electron chi connectivity index (χ4n) is 1.16. The van der Waals surface area contributed by atoms with Crippen LogP contribution in [0.4, 0.5) is 0 Å². The molecule has 0 saturated carbocycles. The molecule has 0 spiro atoms. The molecule has 0 saturated heterocycles. The van der Waals surface area contributed by atoms with E-state index in [0.717, 1.165) is 17.0 Å². The molecule has 2 heterocycles. The summed E-state index contributed by atoms with van der Waals surface area (Å²) in [6.45, 7) is 0.430. The van der Waals surface area contributed by atoms with Crippen molar-refractivity contribution < 1.29 is 0 Å². The molecule has 0 aliphatic heterocycles. The van der Waals surface area contributed by atoms with Crippen LogP contribution in [-0.4, -0.2) is 9.97 Å². The van der Waals surface area contributed by atoms with Gasteiger partial charge in [-0.05, 0) is 11.4 Å². The summed E-state index contributed by atoms with van der Waals surface area (Å²) < 4.78 is 0. The van der Waals surface area contributed by atoms with Crippen molar-refractivity contribution in [3.63, 3.8) is 0 Å². The molecule has 3 nitrogen and oxygen atoms in total. The highest BCUT2D eigenvalue weighted by molar-refractivity contribution is 7.08. The minimum absolute atomic E-state index is 0. The minimum Gasteiger partial charge on any atom is -0.325 e. The van der Waals surface area contributed by atoms with Crippen LogP contribution < -0.4 is 5.73 Å². The van der Waals surface area contributed by atoms with Crippen molar-refractivity contribution in [2.24, 2.45) is 5.73 Å². The molecule has 15 heavy (non-hydrogen) atoms. The molecule has 0 amide bonds. The predicted octanol–water partition coefficient (Wildman–Crippen LogP) is 2.51. The van der Waals surface area contributed by atoms with Crippen LogP contribution in [0.5, 0.6) is 0 Å². The van der Waals surface area contributed by atoms with Gasteiger partial charge in [0, 0.05) is 29.9 Å². The van der Waals surface area contributed by atoms with E-state index >= 15 is 0 Å². The van der Waals surface area contributed by atoms with Crippen LogP contribution in [0, 0.1) is 0 Å². The van der Waals surface area contributed by atoms with Crippen LogP contribution in [0.25, 0.3) is 11.3 Å². The topological polar surface area (TPSA) is 51.8 Å². The minimum atomic E-state index is 0. The molecule has 2 rings (SSSR count). The van der Waals surface area contributed by atoms with Crippen molar-refractivity contribution in [3.8, 4) is 11.3 Å². The zero-order valence-corrected chi connectivity index (χ0v) is 10.2. The Bertz CT molecular complexity index is 392. The van der Waals surface area contributed by atoms with E-state index in [1.165, 1.54) is 0 Å². The fourth-order valence-corrected chi connectivity index (χ4v) is 1.80. The smallest absolute Gasteiger partial charge is 0.0938 e. The zero-order valence-electron chi connectivity index (χ0n) is 7.79. The monoisotopic (exact) mass is 263 g/mol. The Morgan fingerprint density at radius 3 is 2.53 bits per heavy atom. The van der Waals surface area contributed by atoms with Crippen molar-refractivity contribution in [2.45, 2.75) is 6.54 Å². The molecule has 82 valence electrons. The second-order valence-electron chi connectivity index (χ2n) is 2.57. The number of thiophene rings is 1. The fraction of sp³-hybridized carbons (Fsp3) is 0.111. The largest absolute Gasteiger partial charge is 0.325 e. The van der Waals surface area contributed by atoms with E-state index in [9.17, 15) is 0 Å². The summed E-state index contributed by atoms with van der Waals surface area (Å²) in [5.74, 6) is 0. The van der Waals surface area contributed by atoms with E-state index in [4.69, 9.17) is 5.73 Å². The van der Waals surface area contributed by atoms with Crippen LogP contribution in [0.3, 0.4) is 0 Å². The van der Waals surface area contributed by atoms with Crippen LogP contribution in [0.1, 0.15) is 5.69 Å². The molecule has 0 atom stereocenters. The number of hydrogen-bond acceptors (Lipinski definition) is 4. The van der Waals surface area contributed by atoms with Gasteiger partial charge >= 0.3 is 0 Å². The number of aromatic nitrogens is 2. The van der Waals surface area contributed by atoms with Crippen molar-refractivity contribution in [1.82, 2.24) is 9.97 Å². The third-order valence-corrected chi connectivity index (χ3v) is 2.45. The van der Waals surface area contributed by atoms with Crippen molar-refractivity contribution >= 4 is 36.2 Å². The standard InChI is InChI=1S/C9H9N3S.2ClH/c10-5-8-9(12-3-2-11-8)7-1-4-13-6-7;;/h1-4,6H,5,10H2;2*1H. The molecular formula is C9H11Cl2N3S. The van der Waals surface area contributed by atoms with Gasteiger partial charge in [0.05, 0.1) is 11.4 Å². The second kappa shape index (κ2) is 6.74. The van der Waals surface area contributed by atoms with E-state index in [1.54, 1.807) is 23.7 Å². The van der Waals surface area contributed by atoms with E-state index in [2.05, 4.69) is 9.97 Å². The lowest BCUT2D eigenvalue weighted by atomic mass is 10.2. The number of rotatable bonds is 2. The van der Waals surface area contributed by atoms with Gasteiger partial charge < -0.3 is 5.73 Å². The Morgan fingerprint density at radius 1 is 1.20 bits per heavy atom. The summed E-state index contributed by atoms with van der Waals surface area (Å²) in [6.07, 6.45) is 3.35. The summed E-state index contributed by atoms with van der Waals surface area (Å²) in [5.41, 5.74) is 8.40. The number of nitrogens with zero attached hydrogens (tertiary/aromatic N) is 2. The zero-order chi connectivity index (χ0) is 9.10. The number of hydrogen-bond donors (Lipinski definition) is 1. The molecular weight excluding hydrogens is 253 g/mol. The molecule has 0 radical (unpaired) electrons. The highest BCUT2D eigenvalue weighted by Crippen LogP contribution is 2.21. The molecule has 0 unspecified atom stereocenters. The first kappa shape index (κ1) is 14.3. The first-order chi connectivity index (χ1) is 6.42. The van der Waals surface area contributed by atoms with Crippen LogP contribution in [-0.2, 0) is 6.54 Å². The SMILES string of the molecule is Cl.Cl.NCc1nccnc1-c1ccsc1. The molecule has 0 fully saturated rings. The van der Waals surface area contributed by atoms with Crippen molar-refractivity contribution in [1.29, 1.82) is 0 Å². The lowest BCUT2D eigenvalue weighted by Crippen LogP contribution is -2.02. The highest BCUT2D eigenvalue weighted by atomic mass is 35.5. The molecule has 0 aromatic carbocycles. The van der Waals surface area contributed by atoms with Crippen LogP contribution >= 0.6 is 36.2 Å². The average Bonchev–Trinajstić information content (AvgIpc) is 2.70. The predicted molar refractivity (Wildman–Crippen MR) is 67.7 cm³/mol. The van der Waals surface area contributed by atoms with Gasteiger partial charge in [0.15, 0.2) is 0 Å². The molecule has 2 aromatic rings. The lowest BCUT2D eigenvalue weighted by Gasteiger charge is -2.01. The van der Waals surface area contributed by atoms with Gasteiger partial charge in [0.25, 0.3) is 0 Å². The van der Waals surface area contributed by atoms with Gasteiger partial charge in [0.2, 0.25) is 0 Å². The average molecular weight is 264 g/mol. The Morgan fingerprint density at radius 2 is 1.93 bits per heavy atom. The summed E-state index contributed by atoms with van der Waals surface area (Å²) in [7, 11) is 0. The normalized spacial score (nSPS) is 8.87. The maximum Gasteiger partial charge on any atom is 0.0938 e. The van der Waals surface area contributed by atoms with Crippen LogP contribution in [0.2, 0.25) is 0 Å². The Hall–Kier alpha value is -0.680. The van der Waals surface area contributed by atoms with E-state index in [0.29, 0.717) is 6.54 Å². The van der Waals surface area contributed by atoms with E-state index in [-0.39, 0.29) is 24.8 Å². The first-order valence-electron chi connectivity index (χ1n) is 3.94. The van der Waals surface area contributed by atoms with E-state index < -0.39 is 0 Å². The molecule has 6 heteroatoms. The summed E-state index contributed by atoms with van der Waals surface area (Å²) >= 11 is 1.65. The number of nitrogens with two attached hydrogens (primary N) is 1. The van der Waals surface area contributed by atoms with Crippen molar-refractivity contribution in [3.05, 3.63) is 34.9 Å². The molecule has 2 aromatic heterocycles. The maximum atomic E-state index is 5.56. The van der Waals surface area contributed by atoms with E-state index in [1.807, 2.05) is 16.8 Å². The molecule has 0 aliphatic carbocycles. The summed E-state index contributed by atoms with van der Waals surface area (Å²) in [6, 6.07) is 2.02. The first-order valence-corrected chi connectivity index (χ1v) is 4.88. The second-order valence-corrected chi connectivity index (χ2v) is 3.35. The van der Waals surface area contributed by atoms with Crippen molar-refractivity contribution in [2.75, 3.05) is 0 Å². The Balaban J connectivity index is 0.000000980. The van der Waals surface area contributed by atoms with Gasteiger partial charge in [-0.3, -0.25) is 9.97 Å². The molecule has 0 aliphatic rings. The quantitative estimate of drug-likeness (QED) is 0.906.